The molecule has 1 saturated carbocycles. The van der Waals surface area contributed by atoms with E-state index < -0.39 is 11.4 Å². The van der Waals surface area contributed by atoms with Crippen LogP contribution in [0.2, 0.25) is 0 Å². The Kier molecular flexibility index (Phi) is 5.68. The van der Waals surface area contributed by atoms with Gasteiger partial charge in [0.2, 0.25) is 11.8 Å². The molecule has 2 heterocycles. The van der Waals surface area contributed by atoms with Gasteiger partial charge in [-0.25, -0.2) is 0 Å². The van der Waals surface area contributed by atoms with Crippen molar-refractivity contribution >= 4 is 5.97 Å². The van der Waals surface area contributed by atoms with Gasteiger partial charge in [-0.1, -0.05) is 84.0 Å². The summed E-state index contributed by atoms with van der Waals surface area (Å²) in [5.41, 5.74) is 5.96. The van der Waals surface area contributed by atoms with E-state index in [1.54, 1.807) is 0 Å². The van der Waals surface area contributed by atoms with Crippen molar-refractivity contribution in [1.29, 1.82) is 0 Å². The van der Waals surface area contributed by atoms with E-state index in [4.69, 9.17) is 8.94 Å². The molecule has 2 aromatic heterocycles. The maximum atomic E-state index is 11.6. The quantitative estimate of drug-likeness (QED) is 0.284. The van der Waals surface area contributed by atoms with Gasteiger partial charge in [0.1, 0.15) is 0 Å². The van der Waals surface area contributed by atoms with Crippen molar-refractivity contribution < 1.29 is 18.8 Å². The maximum absolute atomic E-state index is 11.6. The molecule has 0 spiro atoms. The number of carboxylic acids is 1. The molecule has 1 N–H and O–H groups in total. The number of aryl methyl sites for hydroxylation is 1. The van der Waals surface area contributed by atoms with Crippen LogP contribution in [0.1, 0.15) is 47.0 Å². The van der Waals surface area contributed by atoms with Crippen LogP contribution in [-0.4, -0.2) is 26.4 Å². The Hall–Kier alpha value is -4.52. The molecule has 0 amide bonds. The highest BCUT2D eigenvalue weighted by molar-refractivity contribution is 5.85. The van der Waals surface area contributed by atoms with Crippen molar-refractivity contribution in [3.8, 4) is 22.5 Å². The van der Waals surface area contributed by atoms with Gasteiger partial charge in [0.05, 0.1) is 24.0 Å². The smallest absolute Gasteiger partial charge is 0.314 e. The molecule has 0 radical (unpaired) electrons. The molecule has 1 aliphatic rings. The van der Waals surface area contributed by atoms with E-state index in [-0.39, 0.29) is 0 Å². The van der Waals surface area contributed by atoms with E-state index in [1.807, 2.05) is 85.8 Å². The number of aliphatic carboxylic acids is 1. The van der Waals surface area contributed by atoms with Crippen molar-refractivity contribution in [3.63, 3.8) is 0 Å². The summed E-state index contributed by atoms with van der Waals surface area (Å²) in [5.74, 6) is 1.03. The van der Waals surface area contributed by atoms with E-state index >= 15 is 0 Å². The number of rotatable bonds is 8. The lowest BCUT2D eigenvalue weighted by atomic mass is 9.93. The Labute approximate surface area is 213 Å². The molecule has 0 unspecified atom stereocenters. The first-order chi connectivity index (χ1) is 18.0. The Balaban J connectivity index is 1.19. The zero-order valence-electron chi connectivity index (χ0n) is 20.3. The number of nitrogens with zero attached hydrogens (tertiary/aromatic N) is 3. The van der Waals surface area contributed by atoms with Crippen LogP contribution in [0.3, 0.4) is 0 Å². The number of carbonyl (C=O) groups is 1. The van der Waals surface area contributed by atoms with Crippen LogP contribution < -0.4 is 0 Å². The molecule has 37 heavy (non-hydrogen) atoms. The molecule has 0 aliphatic heterocycles. The van der Waals surface area contributed by atoms with Crippen molar-refractivity contribution in [2.45, 2.75) is 38.0 Å². The Bertz CT molecular complexity index is 1550. The summed E-state index contributed by atoms with van der Waals surface area (Å²) >= 11 is 0. The van der Waals surface area contributed by atoms with Crippen molar-refractivity contribution in [1.82, 2.24) is 15.4 Å². The van der Waals surface area contributed by atoms with Crippen LogP contribution in [0.5, 0.6) is 0 Å². The van der Waals surface area contributed by atoms with Gasteiger partial charge in [0, 0.05) is 11.1 Å². The fourth-order valence-corrected chi connectivity index (χ4v) is 4.72. The summed E-state index contributed by atoms with van der Waals surface area (Å²) in [7, 11) is 0. The molecule has 7 nitrogen and oxygen atoms in total. The Morgan fingerprint density at radius 2 is 1.43 bits per heavy atom. The topological polar surface area (TPSA) is 102 Å². The second-order valence-corrected chi connectivity index (χ2v) is 9.55. The van der Waals surface area contributed by atoms with Gasteiger partial charge >= 0.3 is 5.97 Å². The standard InChI is InChI=1S/C30H25N3O4/c1-19-25(18-27-32-31-26(36-27)17-20-5-3-2-4-6-20)28(37-33-19)23-9-7-21(8-10-23)22-11-13-24(14-12-22)30(15-16-30)29(34)35/h2-14H,15-18H2,1H3,(H,34,35). The van der Waals surface area contributed by atoms with Crippen LogP contribution in [0.4, 0.5) is 0 Å². The van der Waals surface area contributed by atoms with E-state index in [0.29, 0.717) is 43.2 Å². The number of carboxylic acid groups (broad SMARTS) is 1. The number of aromatic nitrogens is 3. The fourth-order valence-electron chi connectivity index (χ4n) is 4.72. The van der Waals surface area contributed by atoms with Crippen molar-refractivity contribution in [2.24, 2.45) is 0 Å². The second kappa shape index (κ2) is 9.17. The van der Waals surface area contributed by atoms with Gasteiger partial charge in [0.25, 0.3) is 0 Å². The predicted molar refractivity (Wildman–Crippen MR) is 137 cm³/mol. The largest absolute Gasteiger partial charge is 0.481 e. The maximum Gasteiger partial charge on any atom is 0.314 e. The SMILES string of the molecule is Cc1noc(-c2ccc(-c3ccc(C4(C(=O)O)CC4)cc3)cc2)c1Cc1nnc(Cc2ccccc2)o1. The normalized spacial score (nSPS) is 14.0. The lowest BCUT2D eigenvalue weighted by molar-refractivity contribution is -0.140. The highest BCUT2D eigenvalue weighted by Gasteiger charge is 2.51. The first-order valence-electron chi connectivity index (χ1n) is 12.3. The highest BCUT2D eigenvalue weighted by Crippen LogP contribution is 2.48. The third-order valence-electron chi connectivity index (χ3n) is 7.10. The van der Waals surface area contributed by atoms with Crippen LogP contribution in [0, 0.1) is 6.92 Å². The predicted octanol–water partition coefficient (Wildman–Crippen LogP) is 6.00. The highest BCUT2D eigenvalue weighted by atomic mass is 16.5. The molecule has 1 aliphatic carbocycles. The lowest BCUT2D eigenvalue weighted by Gasteiger charge is -2.11. The monoisotopic (exact) mass is 491 g/mol. The third kappa shape index (κ3) is 4.44. The Morgan fingerprint density at radius 1 is 0.838 bits per heavy atom. The minimum Gasteiger partial charge on any atom is -0.481 e. The minimum atomic E-state index is -0.740. The Morgan fingerprint density at radius 3 is 2.05 bits per heavy atom. The van der Waals surface area contributed by atoms with Crippen LogP contribution in [0.15, 0.2) is 87.8 Å². The summed E-state index contributed by atoms with van der Waals surface area (Å²) in [6.45, 7) is 1.91. The molecule has 6 rings (SSSR count). The van der Waals surface area contributed by atoms with Crippen molar-refractivity contribution in [3.05, 3.63) is 113 Å². The van der Waals surface area contributed by atoms with E-state index in [9.17, 15) is 9.90 Å². The van der Waals surface area contributed by atoms with E-state index in [0.717, 1.165) is 39.1 Å². The molecule has 3 aromatic carbocycles. The molecule has 0 bridgehead atoms. The molecular weight excluding hydrogens is 466 g/mol. The number of hydrogen-bond acceptors (Lipinski definition) is 6. The van der Waals surface area contributed by atoms with Crippen molar-refractivity contribution in [2.75, 3.05) is 0 Å². The number of hydrogen-bond donors (Lipinski definition) is 1. The van der Waals surface area contributed by atoms with Gasteiger partial charge < -0.3 is 14.0 Å². The molecule has 0 saturated heterocycles. The average Bonchev–Trinajstić information content (AvgIpc) is 3.52. The summed E-state index contributed by atoms with van der Waals surface area (Å²) < 4.78 is 11.6. The first kappa shape index (κ1) is 22.9. The zero-order valence-corrected chi connectivity index (χ0v) is 20.3. The van der Waals surface area contributed by atoms with Crippen LogP contribution in [-0.2, 0) is 23.1 Å². The summed E-state index contributed by atoms with van der Waals surface area (Å²) in [6, 6.07) is 25.9. The third-order valence-corrected chi connectivity index (χ3v) is 7.10. The molecule has 5 aromatic rings. The van der Waals surface area contributed by atoms with Gasteiger partial charge in [-0.15, -0.1) is 10.2 Å². The van der Waals surface area contributed by atoms with Crippen LogP contribution >= 0.6 is 0 Å². The molecule has 184 valence electrons. The summed E-state index contributed by atoms with van der Waals surface area (Å²) in [4.78, 5) is 11.6. The number of benzene rings is 3. The molecular formula is C30H25N3O4. The average molecular weight is 492 g/mol. The van der Waals surface area contributed by atoms with Gasteiger partial charge in [-0.05, 0) is 42.0 Å². The summed E-state index contributed by atoms with van der Waals surface area (Å²) in [5, 5.41) is 22.2. The molecule has 0 atom stereocenters. The second-order valence-electron chi connectivity index (χ2n) is 9.55. The van der Waals surface area contributed by atoms with Gasteiger partial charge in [-0.3, -0.25) is 4.79 Å². The summed E-state index contributed by atoms with van der Waals surface area (Å²) in [6.07, 6.45) is 2.42. The van der Waals surface area contributed by atoms with Crippen LogP contribution in [0.25, 0.3) is 22.5 Å². The fraction of sp³-hybridized carbons (Fsp3) is 0.200. The lowest BCUT2D eigenvalue weighted by Crippen LogP contribution is -2.19. The zero-order chi connectivity index (χ0) is 25.4. The van der Waals surface area contributed by atoms with E-state index in [1.165, 1.54) is 0 Å². The van der Waals surface area contributed by atoms with Gasteiger partial charge in [0.15, 0.2) is 5.76 Å². The molecule has 7 heteroatoms. The minimum absolute atomic E-state index is 0.432. The molecule has 1 fully saturated rings. The van der Waals surface area contributed by atoms with E-state index in [2.05, 4.69) is 15.4 Å². The first-order valence-corrected chi connectivity index (χ1v) is 12.3. The van der Waals surface area contributed by atoms with Gasteiger partial charge in [-0.2, -0.15) is 0 Å².